The van der Waals surface area contributed by atoms with Gasteiger partial charge < -0.3 is 20.3 Å². The summed E-state index contributed by atoms with van der Waals surface area (Å²) in [6.07, 6.45) is 2.06. The van der Waals surface area contributed by atoms with Crippen LogP contribution in [0.5, 0.6) is 0 Å². The number of aromatic nitrogens is 1. The number of rotatable bonds is 2. The lowest BCUT2D eigenvalue weighted by Gasteiger charge is -2.34. The highest BCUT2D eigenvalue weighted by molar-refractivity contribution is 5.98. The fourth-order valence-corrected chi connectivity index (χ4v) is 3.49. The van der Waals surface area contributed by atoms with Crippen molar-refractivity contribution in [2.24, 2.45) is 0 Å². The molecule has 0 saturated carbocycles. The molecule has 2 amide bonds. The number of aliphatic hydroxyl groups is 1. The zero-order chi connectivity index (χ0) is 15.3. The molecular formula is C16H17N3O3. The van der Waals surface area contributed by atoms with Gasteiger partial charge in [0.2, 0.25) is 11.8 Å². The number of amides is 2. The summed E-state index contributed by atoms with van der Waals surface area (Å²) in [5, 5.41) is 13.6. The number of benzene rings is 1. The summed E-state index contributed by atoms with van der Waals surface area (Å²) in [5.41, 5.74) is 2.02. The van der Waals surface area contributed by atoms with Crippen LogP contribution in [-0.2, 0) is 16.0 Å². The fourth-order valence-electron chi connectivity index (χ4n) is 3.49. The van der Waals surface area contributed by atoms with Crippen molar-refractivity contribution < 1.29 is 14.7 Å². The molecule has 2 saturated heterocycles. The quantitative estimate of drug-likeness (QED) is 0.739. The first-order valence-corrected chi connectivity index (χ1v) is 7.47. The molecule has 1 unspecified atom stereocenters. The van der Waals surface area contributed by atoms with E-state index < -0.39 is 18.2 Å². The molecule has 1 aromatic heterocycles. The van der Waals surface area contributed by atoms with Gasteiger partial charge in [-0.05, 0) is 11.6 Å². The molecule has 3 atom stereocenters. The van der Waals surface area contributed by atoms with Crippen LogP contribution in [0, 0.1) is 0 Å². The van der Waals surface area contributed by atoms with Crippen molar-refractivity contribution in [1.82, 2.24) is 15.2 Å². The molecular weight excluding hydrogens is 282 g/mol. The van der Waals surface area contributed by atoms with Crippen LogP contribution < -0.4 is 5.32 Å². The van der Waals surface area contributed by atoms with E-state index in [4.69, 9.17) is 0 Å². The average molecular weight is 299 g/mol. The minimum absolute atomic E-state index is 0.105. The van der Waals surface area contributed by atoms with Gasteiger partial charge in [0.25, 0.3) is 0 Å². The zero-order valence-corrected chi connectivity index (χ0v) is 12.0. The summed E-state index contributed by atoms with van der Waals surface area (Å²) >= 11 is 0. The van der Waals surface area contributed by atoms with Gasteiger partial charge >= 0.3 is 0 Å². The number of nitrogens with zero attached hydrogens (tertiary/aromatic N) is 1. The largest absolute Gasteiger partial charge is 0.391 e. The summed E-state index contributed by atoms with van der Waals surface area (Å²) in [7, 11) is 0. The molecule has 2 fully saturated rings. The van der Waals surface area contributed by atoms with Gasteiger partial charge in [-0.25, -0.2) is 0 Å². The van der Waals surface area contributed by atoms with Crippen molar-refractivity contribution in [2.75, 3.05) is 6.54 Å². The lowest BCUT2D eigenvalue weighted by molar-refractivity contribution is -0.147. The van der Waals surface area contributed by atoms with Crippen LogP contribution in [-0.4, -0.2) is 51.5 Å². The molecule has 0 radical (unpaired) electrons. The van der Waals surface area contributed by atoms with E-state index in [1.807, 2.05) is 30.5 Å². The number of piperazine rings is 1. The second-order valence-electron chi connectivity index (χ2n) is 6.02. The van der Waals surface area contributed by atoms with Crippen LogP contribution >= 0.6 is 0 Å². The third-order valence-corrected chi connectivity index (χ3v) is 4.58. The van der Waals surface area contributed by atoms with Gasteiger partial charge in [0.1, 0.15) is 12.1 Å². The number of fused-ring (bicyclic) bond motifs is 2. The number of hydrogen-bond donors (Lipinski definition) is 3. The maximum absolute atomic E-state index is 12.6. The number of para-hydroxylation sites is 1. The lowest BCUT2D eigenvalue weighted by Crippen LogP contribution is -2.61. The first-order chi connectivity index (χ1) is 10.6. The van der Waals surface area contributed by atoms with E-state index >= 15 is 0 Å². The molecule has 6 nitrogen and oxygen atoms in total. The monoisotopic (exact) mass is 299 g/mol. The van der Waals surface area contributed by atoms with Crippen molar-refractivity contribution in [1.29, 1.82) is 0 Å². The van der Waals surface area contributed by atoms with Gasteiger partial charge in [-0.1, -0.05) is 18.2 Å². The van der Waals surface area contributed by atoms with E-state index in [1.165, 1.54) is 4.90 Å². The Bertz CT molecular complexity index is 754. The predicted molar refractivity (Wildman–Crippen MR) is 80.1 cm³/mol. The Kier molecular flexibility index (Phi) is 2.94. The molecule has 114 valence electrons. The number of aromatic amines is 1. The molecule has 6 heteroatoms. The van der Waals surface area contributed by atoms with E-state index in [2.05, 4.69) is 10.3 Å². The Balaban J connectivity index is 1.60. The summed E-state index contributed by atoms with van der Waals surface area (Å²) in [4.78, 5) is 29.4. The standard InChI is InChI=1S/C16H17N3O3/c20-10-6-14-15(21)18-13(16(22)19(14)8-10)5-9-7-17-12-4-2-1-3-11(9)12/h1-4,7,10,13-14,17,20H,5-6,8H2,(H,18,21)/t10?,13-,14-/m0/s1. The van der Waals surface area contributed by atoms with Crippen molar-refractivity contribution in [3.8, 4) is 0 Å². The Morgan fingerprint density at radius 2 is 2.09 bits per heavy atom. The minimum Gasteiger partial charge on any atom is -0.391 e. The highest BCUT2D eigenvalue weighted by Crippen LogP contribution is 2.25. The lowest BCUT2D eigenvalue weighted by atomic mass is 10.0. The van der Waals surface area contributed by atoms with Crippen molar-refractivity contribution in [3.05, 3.63) is 36.0 Å². The molecule has 0 aliphatic carbocycles. The highest BCUT2D eigenvalue weighted by Gasteiger charge is 2.45. The summed E-state index contributed by atoms with van der Waals surface area (Å²) in [5.74, 6) is -0.271. The van der Waals surface area contributed by atoms with Gasteiger partial charge in [0.05, 0.1) is 6.10 Å². The van der Waals surface area contributed by atoms with Crippen LogP contribution in [0.1, 0.15) is 12.0 Å². The van der Waals surface area contributed by atoms with Gasteiger partial charge in [0.15, 0.2) is 0 Å². The second kappa shape index (κ2) is 4.84. The van der Waals surface area contributed by atoms with E-state index in [0.717, 1.165) is 16.5 Å². The van der Waals surface area contributed by atoms with Crippen LogP contribution in [0.25, 0.3) is 10.9 Å². The first-order valence-electron chi connectivity index (χ1n) is 7.47. The summed E-state index contributed by atoms with van der Waals surface area (Å²) < 4.78 is 0. The predicted octanol–water partition coefficient (Wildman–Crippen LogP) is 0.171. The molecule has 22 heavy (non-hydrogen) atoms. The number of carbonyl (C=O) groups excluding carboxylic acids is 2. The highest BCUT2D eigenvalue weighted by atomic mass is 16.3. The summed E-state index contributed by atoms with van der Waals surface area (Å²) in [6, 6.07) is 6.81. The van der Waals surface area contributed by atoms with Crippen LogP contribution in [0.4, 0.5) is 0 Å². The van der Waals surface area contributed by atoms with E-state index in [0.29, 0.717) is 12.8 Å². The third-order valence-electron chi connectivity index (χ3n) is 4.58. The first kappa shape index (κ1) is 13.3. The Hall–Kier alpha value is -2.34. The van der Waals surface area contributed by atoms with Gasteiger partial charge in [0, 0.05) is 36.5 Å². The zero-order valence-electron chi connectivity index (χ0n) is 12.0. The van der Waals surface area contributed by atoms with Crippen LogP contribution in [0.3, 0.4) is 0 Å². The number of aliphatic hydroxyl groups excluding tert-OH is 1. The van der Waals surface area contributed by atoms with E-state index in [-0.39, 0.29) is 18.4 Å². The number of H-pyrrole nitrogens is 1. The van der Waals surface area contributed by atoms with E-state index in [9.17, 15) is 14.7 Å². The fraction of sp³-hybridized carbons (Fsp3) is 0.375. The smallest absolute Gasteiger partial charge is 0.246 e. The van der Waals surface area contributed by atoms with Crippen LogP contribution in [0.15, 0.2) is 30.5 Å². The maximum Gasteiger partial charge on any atom is 0.246 e. The van der Waals surface area contributed by atoms with Crippen LogP contribution in [0.2, 0.25) is 0 Å². The molecule has 0 bridgehead atoms. The summed E-state index contributed by atoms with van der Waals surface area (Å²) in [6.45, 7) is 0.251. The molecule has 2 aliphatic heterocycles. The van der Waals surface area contributed by atoms with E-state index in [1.54, 1.807) is 0 Å². The molecule has 2 aliphatic rings. The Labute approximate surface area is 127 Å². The normalized spacial score (nSPS) is 28.0. The van der Waals surface area contributed by atoms with Crippen molar-refractivity contribution in [3.63, 3.8) is 0 Å². The van der Waals surface area contributed by atoms with Crippen molar-refractivity contribution in [2.45, 2.75) is 31.0 Å². The SMILES string of the molecule is O=C1N[C@@H](Cc2c[nH]c3ccccc23)C(=O)N2CC(O)C[C@@H]12. The second-order valence-corrected chi connectivity index (χ2v) is 6.02. The molecule has 0 spiro atoms. The Morgan fingerprint density at radius 3 is 2.95 bits per heavy atom. The topological polar surface area (TPSA) is 85.4 Å². The van der Waals surface area contributed by atoms with Gasteiger partial charge in [-0.15, -0.1) is 0 Å². The number of carbonyl (C=O) groups is 2. The van der Waals surface area contributed by atoms with Gasteiger partial charge in [-0.3, -0.25) is 9.59 Å². The molecule has 1 aromatic carbocycles. The maximum atomic E-state index is 12.6. The molecule has 3 heterocycles. The molecule has 2 aromatic rings. The van der Waals surface area contributed by atoms with Gasteiger partial charge in [-0.2, -0.15) is 0 Å². The average Bonchev–Trinajstić information content (AvgIpc) is 3.09. The number of nitrogens with one attached hydrogen (secondary N) is 2. The Morgan fingerprint density at radius 1 is 1.27 bits per heavy atom. The molecule has 3 N–H and O–H groups in total. The minimum atomic E-state index is -0.605. The van der Waals surface area contributed by atoms with Crippen molar-refractivity contribution >= 4 is 22.7 Å². The molecule has 4 rings (SSSR count). The third kappa shape index (κ3) is 1.99. The number of hydrogen-bond acceptors (Lipinski definition) is 3.